The van der Waals surface area contributed by atoms with Crippen molar-refractivity contribution in [3.05, 3.63) is 72.4 Å². The van der Waals surface area contributed by atoms with Crippen molar-refractivity contribution in [2.75, 3.05) is 16.8 Å². The number of rotatable bonds is 4. The van der Waals surface area contributed by atoms with Crippen LogP contribution in [0.2, 0.25) is 0 Å². The molecule has 0 bridgehead atoms. The van der Waals surface area contributed by atoms with Gasteiger partial charge in [-0.3, -0.25) is 14.6 Å². The summed E-state index contributed by atoms with van der Waals surface area (Å²) in [6, 6.07) is 17.1. The highest BCUT2D eigenvalue weighted by molar-refractivity contribution is 6.07. The topological polar surface area (TPSA) is 62.3 Å². The fourth-order valence-corrected chi connectivity index (χ4v) is 3.25. The highest BCUT2D eigenvalue weighted by atomic mass is 16.2. The highest BCUT2D eigenvalue weighted by Gasteiger charge is 2.21. The SMILES string of the molecule is O=C(/C=C/c1ccc(N2CCCC2=O)cc1)Nc1cccc2ncccc12. The zero-order chi connectivity index (χ0) is 18.6. The maximum absolute atomic E-state index is 12.3. The third kappa shape index (κ3) is 3.72. The second-order valence-corrected chi connectivity index (χ2v) is 6.44. The summed E-state index contributed by atoms with van der Waals surface area (Å²) in [6.45, 7) is 0.774. The molecule has 0 saturated carbocycles. The van der Waals surface area contributed by atoms with Gasteiger partial charge in [0.15, 0.2) is 0 Å². The Bertz CT molecular complexity index is 1020. The van der Waals surface area contributed by atoms with Gasteiger partial charge < -0.3 is 10.2 Å². The van der Waals surface area contributed by atoms with Gasteiger partial charge in [0.25, 0.3) is 0 Å². The summed E-state index contributed by atoms with van der Waals surface area (Å²) < 4.78 is 0. The van der Waals surface area contributed by atoms with Gasteiger partial charge in [-0.15, -0.1) is 0 Å². The van der Waals surface area contributed by atoms with Crippen LogP contribution in [-0.4, -0.2) is 23.3 Å². The number of carbonyl (C=O) groups excluding carboxylic acids is 2. The van der Waals surface area contributed by atoms with Gasteiger partial charge in [-0.2, -0.15) is 0 Å². The van der Waals surface area contributed by atoms with Crippen molar-refractivity contribution in [3.8, 4) is 0 Å². The van der Waals surface area contributed by atoms with E-state index in [-0.39, 0.29) is 11.8 Å². The van der Waals surface area contributed by atoms with Crippen molar-refractivity contribution in [1.82, 2.24) is 4.98 Å². The second-order valence-electron chi connectivity index (χ2n) is 6.44. The third-order valence-corrected chi connectivity index (χ3v) is 4.61. The van der Waals surface area contributed by atoms with Crippen LogP contribution in [0, 0.1) is 0 Å². The van der Waals surface area contributed by atoms with Crippen molar-refractivity contribution < 1.29 is 9.59 Å². The Morgan fingerprint density at radius 2 is 1.93 bits per heavy atom. The van der Waals surface area contributed by atoms with Crippen LogP contribution in [-0.2, 0) is 9.59 Å². The van der Waals surface area contributed by atoms with Crippen LogP contribution in [0.1, 0.15) is 18.4 Å². The Labute approximate surface area is 157 Å². The molecule has 1 fully saturated rings. The van der Waals surface area contributed by atoms with E-state index in [2.05, 4.69) is 10.3 Å². The van der Waals surface area contributed by atoms with E-state index in [0.717, 1.165) is 40.8 Å². The number of hydrogen-bond donors (Lipinski definition) is 1. The van der Waals surface area contributed by atoms with Crippen molar-refractivity contribution in [1.29, 1.82) is 0 Å². The number of pyridine rings is 1. The fourth-order valence-electron chi connectivity index (χ4n) is 3.25. The first-order valence-corrected chi connectivity index (χ1v) is 8.94. The van der Waals surface area contributed by atoms with E-state index in [0.29, 0.717) is 6.42 Å². The Hall–Kier alpha value is -3.47. The summed E-state index contributed by atoms with van der Waals surface area (Å²) in [5, 5.41) is 3.80. The lowest BCUT2D eigenvalue weighted by Crippen LogP contribution is -2.23. The maximum Gasteiger partial charge on any atom is 0.248 e. The predicted molar refractivity (Wildman–Crippen MR) is 107 cm³/mol. The van der Waals surface area contributed by atoms with Crippen molar-refractivity contribution in [3.63, 3.8) is 0 Å². The molecule has 1 saturated heterocycles. The number of anilines is 2. The van der Waals surface area contributed by atoms with Crippen LogP contribution >= 0.6 is 0 Å². The maximum atomic E-state index is 12.3. The number of aromatic nitrogens is 1. The highest BCUT2D eigenvalue weighted by Crippen LogP contribution is 2.23. The Kier molecular flexibility index (Phi) is 4.66. The van der Waals surface area contributed by atoms with Crippen LogP contribution in [0.25, 0.3) is 17.0 Å². The molecule has 5 nitrogen and oxygen atoms in total. The minimum absolute atomic E-state index is 0.169. The summed E-state index contributed by atoms with van der Waals surface area (Å²) in [5.41, 5.74) is 3.38. The summed E-state index contributed by atoms with van der Waals surface area (Å²) in [7, 11) is 0. The predicted octanol–water partition coefficient (Wildman–Crippen LogP) is 4.01. The van der Waals surface area contributed by atoms with E-state index in [1.807, 2.05) is 54.6 Å². The third-order valence-electron chi connectivity index (χ3n) is 4.61. The number of fused-ring (bicyclic) bond motifs is 1. The van der Waals surface area contributed by atoms with Crippen LogP contribution < -0.4 is 10.2 Å². The Morgan fingerprint density at radius 1 is 1.07 bits per heavy atom. The molecule has 0 radical (unpaired) electrons. The molecule has 0 spiro atoms. The van der Waals surface area contributed by atoms with E-state index < -0.39 is 0 Å². The molecule has 3 aromatic rings. The number of amides is 2. The first kappa shape index (κ1) is 17.0. The number of carbonyl (C=O) groups is 2. The molecule has 134 valence electrons. The molecule has 1 N–H and O–H groups in total. The van der Waals surface area contributed by atoms with E-state index in [1.165, 1.54) is 6.08 Å². The van der Waals surface area contributed by atoms with Crippen LogP contribution in [0.4, 0.5) is 11.4 Å². The van der Waals surface area contributed by atoms with Gasteiger partial charge in [0.1, 0.15) is 0 Å². The van der Waals surface area contributed by atoms with Gasteiger partial charge in [0.2, 0.25) is 11.8 Å². The molecule has 2 aromatic carbocycles. The fraction of sp³-hybridized carbons (Fsp3) is 0.136. The molecule has 27 heavy (non-hydrogen) atoms. The number of nitrogens with one attached hydrogen (secondary N) is 1. The normalized spacial score (nSPS) is 14.2. The molecule has 2 heterocycles. The Morgan fingerprint density at radius 3 is 2.70 bits per heavy atom. The van der Waals surface area contributed by atoms with Gasteiger partial charge in [0, 0.05) is 36.3 Å². The average molecular weight is 357 g/mol. The molecular formula is C22H19N3O2. The minimum Gasteiger partial charge on any atom is -0.322 e. The van der Waals surface area contributed by atoms with Crippen molar-refractivity contribution in [2.45, 2.75) is 12.8 Å². The van der Waals surface area contributed by atoms with Gasteiger partial charge in [0.05, 0.1) is 11.2 Å². The molecule has 5 heteroatoms. The molecule has 1 aliphatic rings. The van der Waals surface area contributed by atoms with Gasteiger partial charge in [-0.25, -0.2) is 0 Å². The summed E-state index contributed by atoms with van der Waals surface area (Å²) in [5.74, 6) is -0.0348. The smallest absolute Gasteiger partial charge is 0.248 e. The van der Waals surface area contributed by atoms with E-state index in [1.54, 1.807) is 17.2 Å². The van der Waals surface area contributed by atoms with Gasteiger partial charge in [-0.05, 0) is 54.5 Å². The molecular weight excluding hydrogens is 338 g/mol. The first-order chi connectivity index (χ1) is 13.2. The van der Waals surface area contributed by atoms with E-state index >= 15 is 0 Å². The van der Waals surface area contributed by atoms with E-state index in [9.17, 15) is 9.59 Å². The van der Waals surface area contributed by atoms with Crippen LogP contribution in [0.15, 0.2) is 66.9 Å². The first-order valence-electron chi connectivity index (χ1n) is 8.94. The molecule has 0 unspecified atom stereocenters. The summed E-state index contributed by atoms with van der Waals surface area (Å²) >= 11 is 0. The summed E-state index contributed by atoms with van der Waals surface area (Å²) in [4.78, 5) is 30.2. The molecule has 2 amide bonds. The van der Waals surface area contributed by atoms with E-state index in [4.69, 9.17) is 0 Å². The van der Waals surface area contributed by atoms with Gasteiger partial charge >= 0.3 is 0 Å². The quantitative estimate of drug-likeness (QED) is 0.718. The lowest BCUT2D eigenvalue weighted by molar-refractivity contribution is -0.117. The van der Waals surface area contributed by atoms with Crippen molar-refractivity contribution >= 4 is 40.2 Å². The largest absolute Gasteiger partial charge is 0.322 e. The monoisotopic (exact) mass is 357 g/mol. The number of benzene rings is 2. The van der Waals surface area contributed by atoms with Crippen LogP contribution in [0.5, 0.6) is 0 Å². The van der Waals surface area contributed by atoms with Crippen molar-refractivity contribution in [2.24, 2.45) is 0 Å². The van der Waals surface area contributed by atoms with Gasteiger partial charge in [-0.1, -0.05) is 18.2 Å². The second kappa shape index (κ2) is 7.41. The average Bonchev–Trinajstić information content (AvgIpc) is 3.13. The number of hydrogen-bond acceptors (Lipinski definition) is 3. The molecule has 0 aliphatic carbocycles. The molecule has 1 aromatic heterocycles. The molecule has 0 atom stereocenters. The zero-order valence-electron chi connectivity index (χ0n) is 14.8. The van der Waals surface area contributed by atoms with Crippen LogP contribution in [0.3, 0.4) is 0 Å². The molecule has 1 aliphatic heterocycles. The summed E-state index contributed by atoms with van der Waals surface area (Å²) in [6.07, 6.45) is 6.52. The lowest BCUT2D eigenvalue weighted by atomic mass is 10.1. The number of nitrogens with zero attached hydrogens (tertiary/aromatic N) is 2. The Balaban J connectivity index is 1.44. The zero-order valence-corrected chi connectivity index (χ0v) is 14.8. The standard InChI is InChI=1S/C22H19N3O2/c26-21(24-20-6-1-5-19-18(20)4-2-14-23-19)13-10-16-8-11-17(12-9-16)25-15-3-7-22(25)27/h1-2,4-6,8-14H,3,7,15H2,(H,24,26)/b13-10+. The lowest BCUT2D eigenvalue weighted by Gasteiger charge is -2.15. The minimum atomic E-state index is -0.204. The molecule has 4 rings (SSSR count).